The zero-order valence-electron chi connectivity index (χ0n) is 21.7. The fourth-order valence-electron chi connectivity index (χ4n) is 8.68. The van der Waals surface area contributed by atoms with E-state index in [0.717, 1.165) is 0 Å². The molecule has 0 nitrogen and oxygen atoms in total. The molecule has 0 aromatic carbocycles. The van der Waals surface area contributed by atoms with Crippen LogP contribution in [0.1, 0.15) is 128 Å². The molecule has 0 amide bonds. The number of hydrogen-bond donors (Lipinski definition) is 0. The third-order valence-electron chi connectivity index (χ3n) is 10.0. The second-order valence-corrected chi connectivity index (χ2v) is 45.4. The second-order valence-electron chi connectivity index (χ2n) is 12.4. The molecule has 1 aliphatic heterocycles. The van der Waals surface area contributed by atoms with Gasteiger partial charge in [0.1, 0.15) is 14.6 Å². The van der Waals surface area contributed by atoms with Gasteiger partial charge < -0.3 is 0 Å². The van der Waals surface area contributed by atoms with Crippen molar-refractivity contribution in [2.45, 2.75) is 151 Å². The molecule has 5 aliphatic rings. The third kappa shape index (κ3) is 4.86. The van der Waals surface area contributed by atoms with Crippen molar-refractivity contribution in [1.82, 2.24) is 0 Å². The fraction of sp³-hybridized carbons (Fsp3) is 1.00. The van der Waals surface area contributed by atoms with E-state index in [1.54, 1.807) is 128 Å². The normalized spacial score (nSPS) is 41.2. The molecule has 32 heavy (non-hydrogen) atoms. The van der Waals surface area contributed by atoms with Crippen LogP contribution in [0, 0.1) is 0 Å². The SMILES string of the molecule is C[P+]1(C)[P@](C2CCCCC2)[P@@](C2CCCCC2)[P+](C)(C2CCCCC2)[P@]1C1CCCCC1. The van der Waals surface area contributed by atoms with Crippen LogP contribution in [0.2, 0.25) is 0 Å². The molecule has 1 saturated heterocycles. The van der Waals surface area contributed by atoms with Crippen molar-refractivity contribution < 1.29 is 0 Å². The van der Waals surface area contributed by atoms with Gasteiger partial charge in [0.2, 0.25) is 7.30 Å². The topological polar surface area (TPSA) is 0 Å². The van der Waals surface area contributed by atoms with Gasteiger partial charge in [-0.1, -0.05) is 64.2 Å². The summed E-state index contributed by atoms with van der Waals surface area (Å²) in [6.07, 6.45) is 32.4. The monoisotopic (exact) mass is 532 g/mol. The molecule has 5 fully saturated rings. The van der Waals surface area contributed by atoms with Gasteiger partial charge in [-0.05, 0) is 64.2 Å². The van der Waals surface area contributed by atoms with Gasteiger partial charge in [0.15, 0.2) is 0 Å². The van der Waals surface area contributed by atoms with E-state index in [-0.39, 0.29) is 0 Å². The Hall–Kier alpha value is 2.15. The van der Waals surface area contributed by atoms with Crippen molar-refractivity contribution in [3.63, 3.8) is 0 Å². The van der Waals surface area contributed by atoms with Crippen molar-refractivity contribution in [1.29, 1.82) is 0 Å². The van der Waals surface area contributed by atoms with Crippen molar-refractivity contribution in [2.75, 3.05) is 20.0 Å². The van der Waals surface area contributed by atoms with Gasteiger partial charge in [-0.25, -0.2) is 0 Å². The van der Waals surface area contributed by atoms with Gasteiger partial charge in [-0.2, -0.15) is 0 Å². The maximum Gasteiger partial charge on any atom is 0.217 e. The van der Waals surface area contributed by atoms with Crippen molar-refractivity contribution in [3.05, 3.63) is 0 Å². The summed E-state index contributed by atoms with van der Waals surface area (Å²) in [4.78, 5) is 0. The molecule has 0 aromatic rings. The molecule has 1 unspecified atom stereocenters. The highest BCUT2D eigenvalue weighted by Gasteiger charge is 2.80. The van der Waals surface area contributed by atoms with E-state index in [9.17, 15) is 0 Å². The average Bonchev–Trinajstić information content (AvgIpc) is 3.04. The molecule has 4 aliphatic carbocycles. The third-order valence-corrected chi connectivity index (χ3v) is 71.1. The van der Waals surface area contributed by atoms with Gasteiger partial charge in [0.25, 0.3) is 0 Å². The zero-order valence-corrected chi connectivity index (χ0v) is 26.2. The van der Waals surface area contributed by atoms with Crippen LogP contribution in [0.3, 0.4) is 0 Å². The molecule has 0 spiro atoms. The van der Waals surface area contributed by atoms with Gasteiger partial charge in [-0.3, -0.25) is 0 Å². The minimum absolute atomic E-state index is 0.377. The highest BCUT2D eigenvalue weighted by molar-refractivity contribution is 9.15. The van der Waals surface area contributed by atoms with Crippen LogP contribution in [0.25, 0.3) is 0 Å². The quantitative estimate of drug-likeness (QED) is 0.316. The summed E-state index contributed by atoms with van der Waals surface area (Å²) in [5.41, 5.74) is 4.94. The summed E-state index contributed by atoms with van der Waals surface area (Å²) in [7, 11) is 1.15. The van der Waals surface area contributed by atoms with Crippen molar-refractivity contribution in [2.24, 2.45) is 0 Å². The molecule has 5 heteroatoms. The maximum absolute atomic E-state index is 3.15. The smallest absolute Gasteiger partial charge is 0.0533 e. The highest BCUT2D eigenvalue weighted by atomic mass is 33.0. The molecular formula is C27H53P5+2. The average molecular weight is 533 g/mol. The second kappa shape index (κ2) is 11.3. The lowest BCUT2D eigenvalue weighted by atomic mass is 10.0. The van der Waals surface area contributed by atoms with Gasteiger partial charge in [-0.15, -0.1) is 0 Å². The lowest BCUT2D eigenvalue weighted by Gasteiger charge is -2.42. The minimum atomic E-state index is -0.789. The Labute approximate surface area is 205 Å². The van der Waals surface area contributed by atoms with E-state index in [1.165, 1.54) is 22.6 Å². The molecule has 5 rings (SSSR count). The molecule has 4 atom stereocenters. The Kier molecular flexibility index (Phi) is 9.08. The van der Waals surface area contributed by atoms with E-state index in [0.29, 0.717) is 21.9 Å². The zero-order chi connectivity index (χ0) is 22.2. The van der Waals surface area contributed by atoms with Gasteiger partial charge in [0, 0.05) is 11.3 Å². The Morgan fingerprint density at radius 2 is 0.812 bits per heavy atom. The van der Waals surface area contributed by atoms with Crippen LogP contribution >= 0.6 is 35.2 Å². The van der Waals surface area contributed by atoms with E-state index < -0.39 is 13.3 Å². The van der Waals surface area contributed by atoms with Gasteiger partial charge in [0.05, 0.1) is 44.6 Å². The predicted octanol–water partition coefficient (Wildman–Crippen LogP) is 12.3. The van der Waals surface area contributed by atoms with Crippen molar-refractivity contribution in [3.8, 4) is 0 Å². The van der Waals surface area contributed by atoms with Crippen LogP contribution < -0.4 is 0 Å². The molecule has 0 N–H and O–H groups in total. The van der Waals surface area contributed by atoms with E-state index in [1.807, 2.05) is 0 Å². The first-order chi connectivity index (χ1) is 15.5. The molecule has 184 valence electrons. The Morgan fingerprint density at radius 1 is 0.438 bits per heavy atom. The summed E-state index contributed by atoms with van der Waals surface area (Å²) in [5, 5.41) is 0. The van der Waals surface area contributed by atoms with E-state index >= 15 is 0 Å². The molecule has 0 radical (unpaired) electrons. The van der Waals surface area contributed by atoms with Crippen LogP contribution in [0.15, 0.2) is 0 Å². The van der Waals surface area contributed by atoms with Crippen molar-refractivity contribution >= 4 is 35.2 Å². The summed E-state index contributed by atoms with van der Waals surface area (Å²) >= 11 is 0. The standard InChI is InChI=1S/C27H53P5/c1-31(2)28(24-16-8-4-9-17-24)29(25-18-10-5-11-19-25)32(3,27-22-14-7-15-23-27)30(31)26-20-12-6-13-21-26/h24-27H,4-23H2,1-3H3/q+2/t28-,29-,30-,32?/m1/s1. The molecule has 0 bridgehead atoms. The first kappa shape index (κ1) is 25.8. The van der Waals surface area contributed by atoms with Crippen LogP contribution in [0.5, 0.6) is 0 Å². The van der Waals surface area contributed by atoms with E-state index in [4.69, 9.17) is 0 Å². The number of rotatable bonds is 4. The summed E-state index contributed by atoms with van der Waals surface area (Å²) < 4.78 is 0. The Bertz CT molecular complexity index is 599. The van der Waals surface area contributed by atoms with Gasteiger partial charge >= 0.3 is 0 Å². The molecule has 4 saturated carbocycles. The molecular weight excluding hydrogens is 479 g/mol. The lowest BCUT2D eigenvalue weighted by Crippen LogP contribution is -2.20. The largest absolute Gasteiger partial charge is 0.217 e. The number of hydrogen-bond acceptors (Lipinski definition) is 0. The highest BCUT2D eigenvalue weighted by Crippen LogP contribution is 3.33. The lowest BCUT2D eigenvalue weighted by molar-refractivity contribution is 0.506. The van der Waals surface area contributed by atoms with Crippen LogP contribution in [-0.4, -0.2) is 42.6 Å². The fourth-order valence-corrected chi connectivity index (χ4v) is 115. The van der Waals surface area contributed by atoms with Crippen LogP contribution in [0.4, 0.5) is 0 Å². The molecule has 0 aromatic heterocycles. The predicted molar refractivity (Wildman–Crippen MR) is 160 cm³/mol. The van der Waals surface area contributed by atoms with E-state index in [2.05, 4.69) is 20.0 Å². The summed E-state index contributed by atoms with van der Waals surface area (Å²) in [6, 6.07) is 0. The maximum atomic E-state index is 3.15. The summed E-state index contributed by atoms with van der Waals surface area (Å²) in [6.45, 7) is 7.69. The van der Waals surface area contributed by atoms with Crippen LogP contribution in [-0.2, 0) is 0 Å². The first-order valence-corrected chi connectivity index (χ1v) is 27.4. The minimum Gasteiger partial charge on any atom is -0.0533 e. The summed E-state index contributed by atoms with van der Waals surface area (Å²) in [5.74, 6) is 0. The Balaban J connectivity index is 1.59. The first-order valence-electron chi connectivity index (χ1n) is 14.6. The molecule has 1 heterocycles. The Morgan fingerprint density at radius 3 is 1.28 bits per heavy atom.